The van der Waals surface area contributed by atoms with Gasteiger partial charge in [-0.1, -0.05) is 23.7 Å². The van der Waals surface area contributed by atoms with Gasteiger partial charge >= 0.3 is 24.0 Å². The van der Waals surface area contributed by atoms with Crippen LogP contribution in [0.25, 0.3) is 0 Å². The average Bonchev–Trinajstić information content (AvgIpc) is 3.39. The first-order valence-electron chi connectivity index (χ1n) is 14.6. The lowest BCUT2D eigenvalue weighted by Crippen LogP contribution is -2.59. The SMILES string of the molecule is CCN1CC2N(C(=O)C3CCC(C(=O)O)CC3)CCC2(S(=O)(=O)c2ccc(Cl)cc2)c2ccc(C(F)(C(F)(F)F)C(F)(F)F)cc21. The molecule has 0 radical (unpaired) electrons. The number of nitrogens with zero attached hydrogens (tertiary/aromatic N) is 2. The van der Waals surface area contributed by atoms with Crippen molar-refractivity contribution in [3.05, 3.63) is 58.6 Å². The van der Waals surface area contributed by atoms with Crippen molar-refractivity contribution >= 4 is 39.0 Å². The molecule has 2 aromatic carbocycles. The molecule has 1 saturated carbocycles. The van der Waals surface area contributed by atoms with Crippen LogP contribution in [0, 0.1) is 11.8 Å². The van der Waals surface area contributed by atoms with Crippen LogP contribution in [0.1, 0.15) is 50.2 Å². The minimum atomic E-state index is -6.38. The number of carbonyl (C=O) groups is 2. The number of sulfone groups is 1. The quantitative estimate of drug-likeness (QED) is 0.341. The maximum atomic E-state index is 15.2. The summed E-state index contributed by atoms with van der Waals surface area (Å²) in [4.78, 5) is 27.9. The lowest BCUT2D eigenvalue weighted by atomic mass is 9.80. The Morgan fingerprint density at radius 2 is 1.50 bits per heavy atom. The molecule has 2 fully saturated rings. The number of fused-ring (bicyclic) bond motifs is 3. The number of rotatable bonds is 6. The first kappa shape index (κ1) is 34.3. The molecule has 2 atom stereocenters. The molecule has 46 heavy (non-hydrogen) atoms. The monoisotopic (exact) mass is 698 g/mol. The van der Waals surface area contributed by atoms with Crippen LogP contribution < -0.4 is 4.90 Å². The van der Waals surface area contributed by atoms with E-state index < -0.39 is 67.9 Å². The van der Waals surface area contributed by atoms with Gasteiger partial charge in [0, 0.05) is 41.8 Å². The average molecular weight is 699 g/mol. The third-order valence-corrected chi connectivity index (χ3v) is 12.5. The molecule has 0 spiro atoms. The predicted octanol–water partition coefficient (Wildman–Crippen LogP) is 6.63. The van der Waals surface area contributed by atoms with Gasteiger partial charge in [0.15, 0.2) is 9.84 Å². The predicted molar refractivity (Wildman–Crippen MR) is 153 cm³/mol. The highest BCUT2D eigenvalue weighted by atomic mass is 35.5. The number of carboxylic acid groups (broad SMARTS) is 1. The molecule has 5 rings (SSSR count). The summed E-state index contributed by atoms with van der Waals surface area (Å²) in [5, 5.41) is 9.57. The number of amides is 1. The molecule has 3 aliphatic rings. The number of anilines is 1. The van der Waals surface area contributed by atoms with E-state index in [9.17, 15) is 49.5 Å². The van der Waals surface area contributed by atoms with Crippen molar-refractivity contribution in [3.63, 3.8) is 0 Å². The lowest BCUT2D eigenvalue weighted by molar-refractivity contribution is -0.348. The van der Waals surface area contributed by atoms with Gasteiger partial charge in [0.2, 0.25) is 5.91 Å². The lowest BCUT2D eigenvalue weighted by Gasteiger charge is -2.48. The molecule has 0 aromatic heterocycles. The summed E-state index contributed by atoms with van der Waals surface area (Å²) in [7, 11) is -4.54. The van der Waals surface area contributed by atoms with Gasteiger partial charge in [-0.2, -0.15) is 26.3 Å². The fourth-order valence-electron chi connectivity index (χ4n) is 7.25. The van der Waals surface area contributed by atoms with Crippen molar-refractivity contribution in [2.24, 2.45) is 11.8 Å². The molecular formula is C30H30ClF7N2O5S. The summed E-state index contributed by atoms with van der Waals surface area (Å²) in [6.45, 7) is 1.13. The number of hydrogen-bond acceptors (Lipinski definition) is 5. The topological polar surface area (TPSA) is 95.0 Å². The molecule has 1 saturated heterocycles. The molecule has 1 amide bonds. The Morgan fingerprint density at radius 1 is 0.935 bits per heavy atom. The third kappa shape index (κ3) is 5.12. The van der Waals surface area contributed by atoms with Crippen molar-refractivity contribution in [3.8, 4) is 0 Å². The van der Waals surface area contributed by atoms with Gasteiger partial charge in [0.05, 0.1) is 16.9 Å². The molecule has 16 heteroatoms. The second-order valence-electron chi connectivity index (χ2n) is 12.0. The maximum Gasteiger partial charge on any atom is 0.435 e. The van der Waals surface area contributed by atoms with E-state index in [-0.39, 0.29) is 72.9 Å². The zero-order chi connectivity index (χ0) is 34.0. The first-order valence-corrected chi connectivity index (χ1v) is 16.4. The summed E-state index contributed by atoms with van der Waals surface area (Å²) in [6.07, 6.45) is -12.0. The van der Waals surface area contributed by atoms with Crippen molar-refractivity contribution in [2.45, 2.75) is 72.7 Å². The molecule has 252 valence electrons. The van der Waals surface area contributed by atoms with Crippen LogP contribution >= 0.6 is 11.6 Å². The molecule has 1 N–H and O–H groups in total. The molecular weight excluding hydrogens is 669 g/mol. The number of aliphatic carboxylic acids is 1. The fourth-order valence-corrected chi connectivity index (χ4v) is 9.67. The van der Waals surface area contributed by atoms with Gasteiger partial charge < -0.3 is 14.9 Å². The van der Waals surface area contributed by atoms with Crippen molar-refractivity contribution in [2.75, 3.05) is 24.5 Å². The van der Waals surface area contributed by atoms with Gasteiger partial charge in [0.1, 0.15) is 4.75 Å². The number of carbonyl (C=O) groups excluding carboxylic acids is 1. The van der Waals surface area contributed by atoms with Gasteiger partial charge in [-0.15, -0.1) is 0 Å². The van der Waals surface area contributed by atoms with E-state index in [0.717, 1.165) is 6.07 Å². The molecule has 2 heterocycles. The van der Waals surface area contributed by atoms with E-state index >= 15 is 4.39 Å². The van der Waals surface area contributed by atoms with Crippen molar-refractivity contribution in [1.29, 1.82) is 0 Å². The number of halogens is 8. The standard InChI is InChI=1S/C30H30ClF7N2O5S/c1-2-39-16-24-27(46(44,45)21-10-8-20(31)9-11-21,13-14-40(24)25(41)17-3-5-18(6-4-17)26(42)43)22-12-7-19(15-23(22)39)28(32,29(33,34)35)30(36,37)38/h7-12,15,17-18,24H,2-6,13-14,16H2,1H3,(H,42,43). The number of likely N-dealkylation sites (tertiary alicyclic amines) is 1. The third-order valence-electron chi connectivity index (χ3n) is 9.70. The Kier molecular flexibility index (Phi) is 8.62. The highest BCUT2D eigenvalue weighted by Crippen LogP contribution is 2.58. The first-order chi connectivity index (χ1) is 21.3. The van der Waals surface area contributed by atoms with E-state index in [1.807, 2.05) is 0 Å². The molecule has 1 aliphatic carbocycles. The number of hydrogen-bond donors (Lipinski definition) is 1. The van der Waals surface area contributed by atoms with Crippen molar-refractivity contribution < 1.29 is 53.8 Å². The van der Waals surface area contributed by atoms with E-state index in [1.165, 1.54) is 34.1 Å². The molecule has 0 bridgehead atoms. The number of likely N-dealkylation sites (N-methyl/N-ethyl adjacent to an activating group) is 1. The zero-order valence-electron chi connectivity index (χ0n) is 24.3. The second kappa shape index (κ2) is 11.6. The van der Waals surface area contributed by atoms with Crippen LogP contribution in [-0.4, -0.2) is 68.3 Å². The van der Waals surface area contributed by atoms with Crippen LogP contribution in [0.3, 0.4) is 0 Å². The minimum Gasteiger partial charge on any atom is -0.481 e. The van der Waals surface area contributed by atoms with Gasteiger partial charge in [-0.3, -0.25) is 9.59 Å². The van der Waals surface area contributed by atoms with Gasteiger partial charge in [-0.05, 0) is 74.9 Å². The molecule has 2 aliphatic heterocycles. The minimum absolute atomic E-state index is 0.0207. The number of carboxylic acids is 1. The van der Waals surface area contributed by atoms with E-state index in [1.54, 1.807) is 6.92 Å². The maximum absolute atomic E-state index is 15.2. The zero-order valence-corrected chi connectivity index (χ0v) is 25.9. The summed E-state index contributed by atoms with van der Waals surface area (Å²) >= 11 is 5.98. The van der Waals surface area contributed by atoms with E-state index in [0.29, 0.717) is 12.1 Å². The summed E-state index contributed by atoms with van der Waals surface area (Å²) < 4.78 is 125. The molecule has 7 nitrogen and oxygen atoms in total. The van der Waals surface area contributed by atoms with E-state index in [2.05, 4.69) is 0 Å². The van der Waals surface area contributed by atoms with E-state index in [4.69, 9.17) is 11.6 Å². The Balaban J connectivity index is 1.68. The van der Waals surface area contributed by atoms with Crippen LogP contribution in [0.15, 0.2) is 47.4 Å². The van der Waals surface area contributed by atoms with Crippen LogP contribution in [0.4, 0.5) is 36.4 Å². The van der Waals surface area contributed by atoms with Crippen LogP contribution in [0.2, 0.25) is 5.02 Å². The second-order valence-corrected chi connectivity index (χ2v) is 14.6. The smallest absolute Gasteiger partial charge is 0.435 e. The summed E-state index contributed by atoms with van der Waals surface area (Å²) in [5.41, 5.74) is -7.95. The normalized spacial score (nSPS) is 25.6. The Morgan fingerprint density at radius 3 is 2.02 bits per heavy atom. The Hall–Kier alpha value is -3.07. The molecule has 2 unspecified atom stereocenters. The summed E-state index contributed by atoms with van der Waals surface area (Å²) in [5.74, 6) is -2.60. The van der Waals surface area contributed by atoms with Crippen molar-refractivity contribution in [1.82, 2.24) is 4.90 Å². The van der Waals surface area contributed by atoms with Gasteiger partial charge in [0.25, 0.3) is 0 Å². The van der Waals surface area contributed by atoms with Crippen LogP contribution in [0.5, 0.6) is 0 Å². The highest BCUT2D eigenvalue weighted by molar-refractivity contribution is 7.92. The number of benzene rings is 2. The largest absolute Gasteiger partial charge is 0.481 e. The summed E-state index contributed by atoms with van der Waals surface area (Å²) in [6, 6.07) is 5.46. The van der Waals surface area contributed by atoms with Crippen LogP contribution in [-0.2, 0) is 29.8 Å². The van der Waals surface area contributed by atoms with Gasteiger partial charge in [-0.25, -0.2) is 12.8 Å². The number of alkyl halides is 7. The Bertz CT molecular complexity index is 1610. The highest BCUT2D eigenvalue weighted by Gasteiger charge is 2.74. The fraction of sp³-hybridized carbons (Fsp3) is 0.533. The molecule has 2 aromatic rings. The Labute approximate surface area is 265 Å².